The maximum absolute atomic E-state index is 13.3. The van der Waals surface area contributed by atoms with E-state index in [1.807, 2.05) is 24.8 Å². The quantitative estimate of drug-likeness (QED) is 0.393. The molecule has 3 aromatic rings. The lowest BCUT2D eigenvalue weighted by Crippen LogP contribution is -2.41. The highest BCUT2D eigenvalue weighted by Gasteiger charge is 2.27. The van der Waals surface area contributed by atoms with Crippen LogP contribution in [0.1, 0.15) is 23.1 Å². The average Bonchev–Trinajstić information content (AvgIpc) is 2.81. The predicted molar refractivity (Wildman–Crippen MR) is 137 cm³/mol. The number of hydrogen-bond donors (Lipinski definition) is 1. The first-order valence-corrected chi connectivity index (χ1v) is 13.5. The number of amides is 1. The number of benzene rings is 3. The summed E-state index contributed by atoms with van der Waals surface area (Å²) < 4.78 is 27.8. The van der Waals surface area contributed by atoms with Crippen LogP contribution in [0.25, 0.3) is 0 Å². The van der Waals surface area contributed by atoms with Crippen LogP contribution in [0.3, 0.4) is 0 Å². The number of sulfonamides is 1. The molecule has 3 rings (SSSR count). The Balaban J connectivity index is 1.56. The van der Waals surface area contributed by atoms with Gasteiger partial charge in [-0.2, -0.15) is 11.8 Å². The summed E-state index contributed by atoms with van der Waals surface area (Å²) in [6.45, 7) is 4.21. The molecular weight excluding hydrogens is 452 g/mol. The van der Waals surface area contributed by atoms with Crippen molar-refractivity contribution in [3.05, 3.63) is 95.6 Å². The minimum Gasteiger partial charge on any atom is -0.354 e. The number of carbonyl (C=O) groups is 1. The fraction of sp³-hybridized carbons (Fsp3) is 0.269. The van der Waals surface area contributed by atoms with Crippen molar-refractivity contribution < 1.29 is 13.2 Å². The van der Waals surface area contributed by atoms with E-state index in [-0.39, 0.29) is 17.3 Å². The minimum absolute atomic E-state index is 0.159. The normalized spacial score (nSPS) is 11.2. The highest BCUT2D eigenvalue weighted by atomic mass is 32.2. The number of rotatable bonds is 11. The molecule has 5 nitrogen and oxygen atoms in total. The zero-order valence-electron chi connectivity index (χ0n) is 19.0. The van der Waals surface area contributed by atoms with E-state index in [4.69, 9.17) is 0 Å². The van der Waals surface area contributed by atoms with E-state index in [0.29, 0.717) is 12.2 Å². The summed E-state index contributed by atoms with van der Waals surface area (Å²) in [5, 5.41) is 2.87. The van der Waals surface area contributed by atoms with Gasteiger partial charge in [0.1, 0.15) is 6.54 Å². The molecule has 0 aliphatic carbocycles. The van der Waals surface area contributed by atoms with Crippen LogP contribution >= 0.6 is 11.8 Å². The van der Waals surface area contributed by atoms with Crippen molar-refractivity contribution in [2.45, 2.75) is 30.9 Å². The van der Waals surface area contributed by atoms with Crippen molar-refractivity contribution in [3.63, 3.8) is 0 Å². The maximum Gasteiger partial charge on any atom is 0.264 e. The Morgan fingerprint density at radius 1 is 0.909 bits per heavy atom. The molecule has 0 fully saturated rings. The summed E-state index contributed by atoms with van der Waals surface area (Å²) in [7, 11) is -3.87. The third kappa shape index (κ3) is 7.37. The van der Waals surface area contributed by atoms with E-state index in [2.05, 4.69) is 36.5 Å². The Bertz CT molecular complexity index is 1150. The van der Waals surface area contributed by atoms with E-state index < -0.39 is 10.0 Å². The number of aryl methyl sites for hydroxylation is 2. The van der Waals surface area contributed by atoms with Crippen LogP contribution in [0.2, 0.25) is 0 Å². The van der Waals surface area contributed by atoms with Gasteiger partial charge in [-0.05, 0) is 61.4 Å². The van der Waals surface area contributed by atoms with Crippen LogP contribution in [0.5, 0.6) is 0 Å². The number of nitrogens with zero attached hydrogens (tertiary/aromatic N) is 1. The molecule has 0 unspecified atom stereocenters. The zero-order valence-corrected chi connectivity index (χ0v) is 20.7. The summed E-state index contributed by atoms with van der Waals surface area (Å²) in [5.74, 6) is 1.53. The molecule has 3 aromatic carbocycles. The van der Waals surface area contributed by atoms with Gasteiger partial charge in [0, 0.05) is 12.3 Å². The first-order chi connectivity index (χ1) is 15.9. The lowest BCUT2D eigenvalue weighted by molar-refractivity contribution is -0.119. The lowest BCUT2D eigenvalue weighted by atomic mass is 10.2. The third-order valence-corrected chi connectivity index (χ3v) is 7.99. The van der Waals surface area contributed by atoms with E-state index in [9.17, 15) is 13.2 Å². The summed E-state index contributed by atoms with van der Waals surface area (Å²) >= 11 is 1.82. The number of anilines is 1. The number of hydrogen-bond acceptors (Lipinski definition) is 4. The number of nitrogens with one attached hydrogen (secondary N) is 1. The highest BCUT2D eigenvalue weighted by Crippen LogP contribution is 2.24. The molecule has 1 N–H and O–H groups in total. The van der Waals surface area contributed by atoms with Gasteiger partial charge in [-0.15, -0.1) is 0 Å². The van der Waals surface area contributed by atoms with Crippen molar-refractivity contribution in [2.75, 3.05) is 23.1 Å². The number of thioether (sulfide) groups is 1. The second-order valence-electron chi connectivity index (χ2n) is 7.91. The summed E-state index contributed by atoms with van der Waals surface area (Å²) in [6.07, 6.45) is 0.818. The first kappa shape index (κ1) is 24.9. The summed E-state index contributed by atoms with van der Waals surface area (Å²) in [6, 6.07) is 23.9. The molecule has 0 heterocycles. The van der Waals surface area contributed by atoms with Crippen molar-refractivity contribution in [3.8, 4) is 0 Å². The molecule has 0 aliphatic heterocycles. The summed E-state index contributed by atoms with van der Waals surface area (Å²) in [4.78, 5) is 12.8. The van der Waals surface area contributed by atoms with Gasteiger partial charge in [0.15, 0.2) is 0 Å². The van der Waals surface area contributed by atoms with Crippen molar-refractivity contribution in [2.24, 2.45) is 0 Å². The molecule has 0 radical (unpaired) electrons. The average molecular weight is 483 g/mol. The largest absolute Gasteiger partial charge is 0.354 e. The molecule has 33 heavy (non-hydrogen) atoms. The fourth-order valence-electron chi connectivity index (χ4n) is 3.28. The zero-order chi connectivity index (χ0) is 23.7. The minimum atomic E-state index is -3.87. The molecule has 174 valence electrons. The monoisotopic (exact) mass is 482 g/mol. The van der Waals surface area contributed by atoms with Gasteiger partial charge in [0.2, 0.25) is 5.91 Å². The Morgan fingerprint density at radius 3 is 2.33 bits per heavy atom. The topological polar surface area (TPSA) is 66.5 Å². The molecule has 0 atom stereocenters. The molecule has 0 aliphatic rings. The Labute approximate surface area is 201 Å². The second kappa shape index (κ2) is 11.9. The smallest absolute Gasteiger partial charge is 0.264 e. The molecular formula is C26H30N2O3S2. The molecule has 0 saturated heterocycles. The molecule has 1 amide bonds. The standard InChI is InChI=1S/C26H30N2O3S2/c1-21-12-14-23(15-13-21)20-32-17-7-16-27-26(29)19-28(24-9-6-8-22(2)18-24)33(30,31)25-10-4-3-5-11-25/h3-6,8-15,18H,7,16-17,19-20H2,1-2H3,(H,27,29). The van der Waals surface area contributed by atoms with Crippen LogP contribution in [-0.4, -0.2) is 33.2 Å². The van der Waals surface area contributed by atoms with Crippen molar-refractivity contribution in [1.82, 2.24) is 5.32 Å². The van der Waals surface area contributed by atoms with Crippen molar-refractivity contribution >= 4 is 33.4 Å². The molecule has 0 spiro atoms. The second-order valence-corrected chi connectivity index (χ2v) is 10.9. The molecule has 0 aromatic heterocycles. The lowest BCUT2D eigenvalue weighted by Gasteiger charge is -2.24. The molecule has 0 bridgehead atoms. The van der Waals surface area contributed by atoms with Crippen LogP contribution in [-0.2, 0) is 20.6 Å². The van der Waals surface area contributed by atoms with Gasteiger partial charge in [0.25, 0.3) is 10.0 Å². The van der Waals surface area contributed by atoms with Gasteiger partial charge in [-0.3, -0.25) is 9.10 Å². The van der Waals surface area contributed by atoms with Crippen LogP contribution in [0.15, 0.2) is 83.8 Å². The van der Waals surface area contributed by atoms with Gasteiger partial charge in [0.05, 0.1) is 10.6 Å². The van der Waals surface area contributed by atoms with E-state index in [0.717, 1.165) is 23.5 Å². The fourth-order valence-corrected chi connectivity index (χ4v) is 5.64. The Morgan fingerprint density at radius 2 is 1.64 bits per heavy atom. The highest BCUT2D eigenvalue weighted by molar-refractivity contribution is 7.98. The maximum atomic E-state index is 13.3. The van der Waals surface area contributed by atoms with Gasteiger partial charge in [-0.25, -0.2) is 8.42 Å². The van der Waals surface area contributed by atoms with Crippen LogP contribution in [0, 0.1) is 13.8 Å². The van der Waals surface area contributed by atoms with Crippen LogP contribution < -0.4 is 9.62 Å². The van der Waals surface area contributed by atoms with Gasteiger partial charge < -0.3 is 5.32 Å². The SMILES string of the molecule is Cc1ccc(CSCCCNC(=O)CN(c2cccc(C)c2)S(=O)(=O)c2ccccc2)cc1. The third-order valence-electron chi connectivity index (χ3n) is 5.09. The predicted octanol–water partition coefficient (Wildman–Crippen LogP) is 4.94. The van der Waals surface area contributed by atoms with Gasteiger partial charge in [-0.1, -0.05) is 60.2 Å². The molecule has 7 heteroatoms. The molecule has 0 saturated carbocycles. The number of carbonyl (C=O) groups excluding carboxylic acids is 1. The first-order valence-electron chi connectivity index (χ1n) is 10.9. The van der Waals surface area contributed by atoms with E-state index in [1.165, 1.54) is 15.4 Å². The van der Waals surface area contributed by atoms with E-state index in [1.54, 1.807) is 48.5 Å². The van der Waals surface area contributed by atoms with Crippen LogP contribution in [0.4, 0.5) is 5.69 Å². The van der Waals surface area contributed by atoms with Gasteiger partial charge >= 0.3 is 0 Å². The Kier molecular flexibility index (Phi) is 8.97. The summed E-state index contributed by atoms with van der Waals surface area (Å²) in [5.41, 5.74) is 3.93. The Hall–Kier alpha value is -2.77. The van der Waals surface area contributed by atoms with E-state index >= 15 is 0 Å². The van der Waals surface area contributed by atoms with Crippen molar-refractivity contribution in [1.29, 1.82) is 0 Å².